The van der Waals surface area contributed by atoms with Crippen LogP contribution in [0.1, 0.15) is 30.6 Å². The van der Waals surface area contributed by atoms with E-state index in [2.05, 4.69) is 4.98 Å². The topological polar surface area (TPSA) is 126 Å². The summed E-state index contributed by atoms with van der Waals surface area (Å²) in [4.78, 5) is 53.8. The number of aryl methyl sites for hydroxylation is 1. The Labute approximate surface area is 169 Å². The monoisotopic (exact) mass is 414 g/mol. The first-order valence-corrected chi connectivity index (χ1v) is 9.37. The largest absolute Gasteiger partial charge is 0.453 e. The number of nitrogen functional groups attached to an aromatic ring is 1. The number of carbonyl (C=O) groups excluding carboxylic acids is 2. The molecule has 0 bridgehead atoms. The molecule has 29 heavy (non-hydrogen) atoms. The number of anilines is 1. The van der Waals surface area contributed by atoms with E-state index in [1.54, 1.807) is 31.2 Å². The van der Waals surface area contributed by atoms with Gasteiger partial charge in [-0.05, 0) is 12.5 Å². The number of benzene rings is 1. The Morgan fingerprint density at radius 3 is 2.52 bits per heavy atom. The molecule has 0 saturated heterocycles. The van der Waals surface area contributed by atoms with Crippen LogP contribution in [0.4, 0.5) is 5.82 Å². The first-order chi connectivity index (χ1) is 13.8. The molecule has 2 aromatic heterocycles. The van der Waals surface area contributed by atoms with Crippen molar-refractivity contribution >= 4 is 28.9 Å². The Morgan fingerprint density at radius 1 is 1.21 bits per heavy atom. The molecule has 150 valence electrons. The van der Waals surface area contributed by atoms with E-state index >= 15 is 0 Å². The van der Waals surface area contributed by atoms with Crippen molar-refractivity contribution in [2.75, 3.05) is 12.3 Å². The average molecular weight is 414 g/mol. The van der Waals surface area contributed by atoms with Crippen LogP contribution >= 0.6 is 11.3 Å². The lowest BCUT2D eigenvalue weighted by molar-refractivity contribution is 0.0478. The van der Waals surface area contributed by atoms with Crippen molar-refractivity contribution in [2.45, 2.75) is 13.5 Å². The third-order valence-electron chi connectivity index (χ3n) is 4.20. The number of aromatic nitrogens is 3. The summed E-state index contributed by atoms with van der Waals surface area (Å²) in [6.07, 6.45) is 1.35. The number of esters is 1. The minimum atomic E-state index is -0.841. The van der Waals surface area contributed by atoms with Crippen molar-refractivity contribution in [1.82, 2.24) is 14.1 Å². The van der Waals surface area contributed by atoms with Crippen LogP contribution in [-0.2, 0) is 18.3 Å². The molecule has 0 spiro atoms. The van der Waals surface area contributed by atoms with Crippen molar-refractivity contribution in [3.63, 3.8) is 0 Å². The molecule has 2 heterocycles. The second-order valence-electron chi connectivity index (χ2n) is 6.22. The number of nitrogens with zero attached hydrogens (tertiary/aromatic N) is 3. The normalized spacial score (nSPS) is 10.7. The van der Waals surface area contributed by atoms with Gasteiger partial charge in [0.05, 0.1) is 17.7 Å². The fourth-order valence-corrected chi connectivity index (χ4v) is 3.37. The summed E-state index contributed by atoms with van der Waals surface area (Å²) in [6.45, 7) is 1.13. The molecular weight excluding hydrogens is 396 g/mol. The maximum absolute atomic E-state index is 12.6. The zero-order chi connectivity index (χ0) is 21.1. The highest BCUT2D eigenvalue weighted by molar-refractivity contribution is 7.13. The summed E-state index contributed by atoms with van der Waals surface area (Å²) >= 11 is 1.12. The predicted octanol–water partition coefficient (Wildman–Crippen LogP) is 0.982. The number of ketones is 1. The van der Waals surface area contributed by atoms with Gasteiger partial charge in [0.25, 0.3) is 5.56 Å². The second-order valence-corrected chi connectivity index (χ2v) is 7.46. The number of hydrogen-bond acceptors (Lipinski definition) is 8. The highest BCUT2D eigenvalue weighted by Gasteiger charge is 2.23. The summed E-state index contributed by atoms with van der Waals surface area (Å²) in [7, 11) is 1.26. The van der Waals surface area contributed by atoms with E-state index in [0.29, 0.717) is 5.01 Å². The molecule has 3 rings (SSSR count). The van der Waals surface area contributed by atoms with Crippen LogP contribution in [0.15, 0.2) is 46.1 Å². The Morgan fingerprint density at radius 2 is 1.90 bits per heavy atom. The van der Waals surface area contributed by atoms with Gasteiger partial charge in [-0.1, -0.05) is 30.3 Å². The molecular formula is C19H18N4O5S. The van der Waals surface area contributed by atoms with E-state index < -0.39 is 35.2 Å². The van der Waals surface area contributed by atoms with Gasteiger partial charge >= 0.3 is 11.7 Å². The minimum absolute atomic E-state index is 0.0832. The van der Waals surface area contributed by atoms with Gasteiger partial charge in [0.1, 0.15) is 16.3 Å². The fraction of sp³-hybridized carbons (Fsp3) is 0.211. The number of Topliss-reactive ketones (excluding diaryl/α,β-unsaturated/α-hetero) is 1. The molecule has 9 nitrogen and oxygen atoms in total. The number of rotatable bonds is 6. The van der Waals surface area contributed by atoms with Crippen LogP contribution < -0.4 is 17.0 Å². The van der Waals surface area contributed by atoms with Gasteiger partial charge < -0.3 is 10.5 Å². The highest BCUT2D eigenvalue weighted by Crippen LogP contribution is 2.14. The number of ether oxygens (including phenoxy) is 1. The van der Waals surface area contributed by atoms with Crippen molar-refractivity contribution in [1.29, 1.82) is 0 Å². The molecule has 2 N–H and O–H groups in total. The number of nitrogens with two attached hydrogens (primary N) is 1. The van der Waals surface area contributed by atoms with Crippen LogP contribution in [0.3, 0.4) is 0 Å². The summed E-state index contributed by atoms with van der Waals surface area (Å²) < 4.78 is 6.93. The Hall–Kier alpha value is -3.53. The maximum Gasteiger partial charge on any atom is 0.350 e. The molecule has 0 aliphatic rings. The van der Waals surface area contributed by atoms with Gasteiger partial charge in [-0.3, -0.25) is 18.7 Å². The molecule has 10 heteroatoms. The summed E-state index contributed by atoms with van der Waals surface area (Å²) in [5.41, 5.74) is 4.89. The van der Waals surface area contributed by atoms with Gasteiger partial charge in [0.15, 0.2) is 6.61 Å². The maximum atomic E-state index is 12.6. The zero-order valence-corrected chi connectivity index (χ0v) is 16.6. The third kappa shape index (κ3) is 4.16. The van der Waals surface area contributed by atoms with Gasteiger partial charge in [-0.25, -0.2) is 14.6 Å². The fourth-order valence-electron chi connectivity index (χ4n) is 2.69. The van der Waals surface area contributed by atoms with E-state index in [1.165, 1.54) is 13.2 Å². The second kappa shape index (κ2) is 8.23. The van der Waals surface area contributed by atoms with Crippen molar-refractivity contribution in [3.05, 3.63) is 78.4 Å². The van der Waals surface area contributed by atoms with E-state index in [-0.39, 0.29) is 17.2 Å². The molecule has 0 amide bonds. The lowest BCUT2D eigenvalue weighted by Gasteiger charge is -2.14. The summed E-state index contributed by atoms with van der Waals surface area (Å²) in [5, 5.41) is 0.675. The molecule has 0 fully saturated rings. The van der Waals surface area contributed by atoms with Gasteiger partial charge in [-0.2, -0.15) is 0 Å². The van der Waals surface area contributed by atoms with Crippen molar-refractivity contribution in [3.8, 4) is 0 Å². The summed E-state index contributed by atoms with van der Waals surface area (Å²) in [5.74, 6) is -1.78. The van der Waals surface area contributed by atoms with E-state index in [0.717, 1.165) is 26.0 Å². The smallest absolute Gasteiger partial charge is 0.350 e. The SMILES string of the molecule is Cc1ncc(C(=O)OCC(=O)c2c(N)n(Cc3ccccc3)c(=O)n(C)c2=O)s1. The highest BCUT2D eigenvalue weighted by atomic mass is 32.1. The lowest BCUT2D eigenvalue weighted by atomic mass is 10.2. The predicted molar refractivity (Wildman–Crippen MR) is 107 cm³/mol. The van der Waals surface area contributed by atoms with E-state index in [4.69, 9.17) is 10.5 Å². The molecule has 3 aromatic rings. The Kier molecular flexibility index (Phi) is 5.74. The molecule has 1 aromatic carbocycles. The van der Waals surface area contributed by atoms with E-state index in [9.17, 15) is 19.2 Å². The van der Waals surface area contributed by atoms with Gasteiger partial charge in [0, 0.05) is 7.05 Å². The standard InChI is InChI=1S/C19H18N4O5S/c1-11-21-8-14(29-11)18(26)28-10-13(24)15-16(20)23(19(27)22(2)17(15)25)9-12-6-4-3-5-7-12/h3-8H,9-10,20H2,1-2H3. The Bertz CT molecular complexity index is 1190. The van der Waals surface area contributed by atoms with Crippen LogP contribution in [0, 0.1) is 6.92 Å². The lowest BCUT2D eigenvalue weighted by Crippen LogP contribution is -2.43. The summed E-state index contributed by atoms with van der Waals surface area (Å²) in [6, 6.07) is 9.00. The molecule has 0 radical (unpaired) electrons. The number of thiazole rings is 1. The average Bonchev–Trinajstić information content (AvgIpc) is 3.15. The minimum Gasteiger partial charge on any atom is -0.453 e. The van der Waals surface area contributed by atoms with Crippen LogP contribution in [-0.4, -0.2) is 32.5 Å². The zero-order valence-electron chi connectivity index (χ0n) is 15.7. The third-order valence-corrected chi connectivity index (χ3v) is 5.10. The quantitative estimate of drug-likeness (QED) is 0.471. The van der Waals surface area contributed by atoms with Gasteiger partial charge in [0.2, 0.25) is 5.78 Å². The van der Waals surface area contributed by atoms with Crippen molar-refractivity contribution in [2.24, 2.45) is 7.05 Å². The molecule has 0 atom stereocenters. The van der Waals surface area contributed by atoms with Crippen LogP contribution in [0.5, 0.6) is 0 Å². The Balaban J connectivity index is 1.90. The number of carbonyl (C=O) groups is 2. The molecule has 0 saturated carbocycles. The van der Waals surface area contributed by atoms with Crippen LogP contribution in [0.2, 0.25) is 0 Å². The van der Waals surface area contributed by atoms with Crippen LogP contribution in [0.25, 0.3) is 0 Å². The van der Waals surface area contributed by atoms with Crippen molar-refractivity contribution < 1.29 is 14.3 Å². The number of hydrogen-bond donors (Lipinski definition) is 1. The first kappa shape index (κ1) is 20.2. The first-order valence-electron chi connectivity index (χ1n) is 8.55. The molecule has 0 unspecified atom stereocenters. The van der Waals surface area contributed by atoms with Gasteiger partial charge in [-0.15, -0.1) is 11.3 Å². The molecule has 0 aliphatic heterocycles. The van der Waals surface area contributed by atoms with E-state index in [1.807, 2.05) is 6.07 Å². The molecule has 0 aliphatic carbocycles.